The van der Waals surface area contributed by atoms with Crippen LogP contribution in [-0.2, 0) is 6.54 Å². The predicted molar refractivity (Wildman–Crippen MR) is 77.4 cm³/mol. The van der Waals surface area contributed by atoms with E-state index in [9.17, 15) is 4.79 Å². The van der Waals surface area contributed by atoms with Crippen LogP contribution in [0.15, 0.2) is 23.0 Å². The van der Waals surface area contributed by atoms with Crippen molar-refractivity contribution in [3.05, 3.63) is 34.2 Å². The summed E-state index contributed by atoms with van der Waals surface area (Å²) in [7, 11) is 0. The Kier molecular flexibility index (Phi) is 3.20. The molecule has 1 atom stereocenters. The van der Waals surface area contributed by atoms with Crippen molar-refractivity contribution in [3.8, 4) is 0 Å². The molecule has 1 aromatic heterocycles. The summed E-state index contributed by atoms with van der Waals surface area (Å²) >= 11 is 2.01. The van der Waals surface area contributed by atoms with E-state index in [4.69, 9.17) is 0 Å². The van der Waals surface area contributed by atoms with Crippen molar-refractivity contribution < 1.29 is 0 Å². The molecule has 1 aliphatic rings. The zero-order valence-corrected chi connectivity index (χ0v) is 11.4. The minimum Gasteiger partial charge on any atom is -0.306 e. The van der Waals surface area contributed by atoms with Crippen molar-refractivity contribution in [2.75, 3.05) is 5.75 Å². The number of aromatic amines is 1. The highest BCUT2D eigenvalue weighted by molar-refractivity contribution is 7.99. The Morgan fingerprint density at radius 2 is 2.33 bits per heavy atom. The highest BCUT2D eigenvalue weighted by atomic mass is 32.2. The van der Waals surface area contributed by atoms with Crippen LogP contribution in [0.5, 0.6) is 0 Å². The molecule has 1 aromatic carbocycles. The van der Waals surface area contributed by atoms with Crippen molar-refractivity contribution in [2.24, 2.45) is 0 Å². The van der Waals surface area contributed by atoms with Crippen LogP contribution in [0, 0.1) is 6.92 Å². The first-order valence-electron chi connectivity index (χ1n) is 6.55. The number of imidazole rings is 1. The third-order valence-corrected chi connectivity index (χ3v) is 4.97. The van der Waals surface area contributed by atoms with Gasteiger partial charge in [0.05, 0.1) is 11.0 Å². The van der Waals surface area contributed by atoms with E-state index in [2.05, 4.69) is 18.0 Å². The minimum atomic E-state index is 0.0294. The monoisotopic (exact) mass is 262 g/mol. The molecule has 1 N–H and O–H groups in total. The fraction of sp³-hybridized carbons (Fsp3) is 0.500. The second-order valence-corrected chi connectivity index (χ2v) is 6.46. The lowest BCUT2D eigenvalue weighted by molar-refractivity contribution is 0.582. The van der Waals surface area contributed by atoms with Gasteiger partial charge in [-0.3, -0.25) is 4.57 Å². The molecule has 1 aliphatic heterocycles. The molecular weight excluding hydrogens is 244 g/mol. The summed E-state index contributed by atoms with van der Waals surface area (Å²) in [5, 5.41) is 0.593. The smallest absolute Gasteiger partial charge is 0.306 e. The summed E-state index contributed by atoms with van der Waals surface area (Å²) in [5.41, 5.74) is 3.23. The Balaban J connectivity index is 1.97. The van der Waals surface area contributed by atoms with Crippen LogP contribution in [-0.4, -0.2) is 20.6 Å². The Labute approximate surface area is 111 Å². The third-order valence-electron chi connectivity index (χ3n) is 3.59. The zero-order valence-electron chi connectivity index (χ0n) is 10.6. The maximum Gasteiger partial charge on any atom is 0.326 e. The lowest BCUT2D eigenvalue weighted by atomic mass is 10.2. The van der Waals surface area contributed by atoms with Gasteiger partial charge in [0.1, 0.15) is 0 Å². The van der Waals surface area contributed by atoms with E-state index in [1.54, 1.807) is 0 Å². The van der Waals surface area contributed by atoms with Crippen molar-refractivity contribution in [2.45, 2.75) is 38.0 Å². The van der Waals surface area contributed by atoms with Crippen LogP contribution >= 0.6 is 11.8 Å². The second-order valence-electron chi connectivity index (χ2n) is 5.05. The van der Waals surface area contributed by atoms with Crippen LogP contribution in [0.25, 0.3) is 11.0 Å². The Morgan fingerprint density at radius 1 is 1.44 bits per heavy atom. The molecule has 0 bridgehead atoms. The normalized spacial score (nSPS) is 20.4. The molecule has 0 amide bonds. The topological polar surface area (TPSA) is 37.8 Å². The largest absolute Gasteiger partial charge is 0.326 e. The van der Waals surface area contributed by atoms with Gasteiger partial charge in [0, 0.05) is 11.8 Å². The van der Waals surface area contributed by atoms with E-state index in [1.165, 1.54) is 30.6 Å². The number of H-pyrrole nitrogens is 1. The first-order chi connectivity index (χ1) is 8.74. The number of nitrogens with one attached hydrogen (secondary N) is 1. The van der Waals surface area contributed by atoms with E-state index < -0.39 is 0 Å². The van der Waals surface area contributed by atoms with E-state index in [0.29, 0.717) is 5.25 Å². The minimum absolute atomic E-state index is 0.0294. The number of nitrogens with zero attached hydrogens (tertiary/aromatic N) is 1. The summed E-state index contributed by atoms with van der Waals surface area (Å²) in [6.07, 6.45) is 3.85. The van der Waals surface area contributed by atoms with Crippen LogP contribution in [0.1, 0.15) is 24.8 Å². The molecule has 2 aromatic rings. The van der Waals surface area contributed by atoms with Gasteiger partial charge >= 0.3 is 5.69 Å². The summed E-state index contributed by atoms with van der Waals surface area (Å²) in [6, 6.07) is 6.13. The van der Waals surface area contributed by atoms with Gasteiger partial charge in [-0.25, -0.2) is 4.79 Å². The molecule has 3 rings (SSSR count). The summed E-state index contributed by atoms with van der Waals surface area (Å²) < 4.78 is 1.91. The lowest BCUT2D eigenvalue weighted by Crippen LogP contribution is -2.24. The highest BCUT2D eigenvalue weighted by Crippen LogP contribution is 2.26. The number of aromatic nitrogens is 2. The van der Waals surface area contributed by atoms with E-state index in [0.717, 1.165) is 17.6 Å². The Hall–Kier alpha value is -1.16. The molecule has 96 valence electrons. The van der Waals surface area contributed by atoms with Crippen molar-refractivity contribution >= 4 is 22.8 Å². The Morgan fingerprint density at radius 3 is 3.11 bits per heavy atom. The maximum atomic E-state index is 12.0. The SMILES string of the molecule is Cc1ccc2[nH]c(=O)n(CC3CCCCS3)c2c1. The first-order valence-corrected chi connectivity index (χ1v) is 7.60. The van der Waals surface area contributed by atoms with Crippen LogP contribution in [0.2, 0.25) is 0 Å². The van der Waals surface area contributed by atoms with Gasteiger partial charge in [-0.2, -0.15) is 11.8 Å². The number of hydrogen-bond acceptors (Lipinski definition) is 2. The molecule has 0 saturated carbocycles. The molecule has 3 nitrogen and oxygen atoms in total. The molecule has 1 fully saturated rings. The van der Waals surface area contributed by atoms with Gasteiger partial charge in [-0.05, 0) is 43.2 Å². The predicted octanol–water partition coefficient (Wildman–Crippen LogP) is 2.92. The fourth-order valence-corrected chi connectivity index (χ4v) is 3.89. The van der Waals surface area contributed by atoms with Crippen LogP contribution in [0.3, 0.4) is 0 Å². The van der Waals surface area contributed by atoms with Gasteiger partial charge in [0.15, 0.2) is 0 Å². The third kappa shape index (κ3) is 2.21. The molecule has 1 saturated heterocycles. The highest BCUT2D eigenvalue weighted by Gasteiger charge is 2.17. The summed E-state index contributed by atoms with van der Waals surface area (Å²) in [4.78, 5) is 15.0. The second kappa shape index (κ2) is 4.84. The molecule has 0 aliphatic carbocycles. The Bertz CT molecular complexity index is 608. The molecule has 0 radical (unpaired) electrons. The van der Waals surface area contributed by atoms with Gasteiger partial charge in [-0.1, -0.05) is 12.5 Å². The van der Waals surface area contributed by atoms with E-state index in [-0.39, 0.29) is 5.69 Å². The van der Waals surface area contributed by atoms with E-state index in [1.807, 2.05) is 28.5 Å². The number of aryl methyl sites for hydroxylation is 1. The summed E-state index contributed by atoms with van der Waals surface area (Å²) in [5.74, 6) is 1.24. The number of fused-ring (bicyclic) bond motifs is 1. The molecule has 18 heavy (non-hydrogen) atoms. The zero-order chi connectivity index (χ0) is 12.5. The first kappa shape index (κ1) is 11.9. The van der Waals surface area contributed by atoms with Crippen molar-refractivity contribution in [3.63, 3.8) is 0 Å². The quantitative estimate of drug-likeness (QED) is 0.903. The molecule has 1 unspecified atom stereocenters. The van der Waals surface area contributed by atoms with Crippen LogP contribution in [0.4, 0.5) is 0 Å². The van der Waals surface area contributed by atoms with Gasteiger partial charge < -0.3 is 4.98 Å². The van der Waals surface area contributed by atoms with Crippen molar-refractivity contribution in [1.82, 2.24) is 9.55 Å². The molecule has 2 heterocycles. The standard InChI is InChI=1S/C14H18N2OS/c1-10-5-6-12-13(8-10)16(14(17)15-12)9-11-4-2-3-7-18-11/h5-6,8,11H,2-4,7,9H2,1H3,(H,15,17). The molecule has 0 spiro atoms. The molecule has 4 heteroatoms. The number of rotatable bonds is 2. The number of hydrogen-bond donors (Lipinski definition) is 1. The summed E-state index contributed by atoms with van der Waals surface area (Å²) in [6.45, 7) is 2.91. The fourth-order valence-electron chi connectivity index (χ4n) is 2.60. The average Bonchev–Trinajstić information content (AvgIpc) is 2.67. The van der Waals surface area contributed by atoms with Crippen molar-refractivity contribution in [1.29, 1.82) is 0 Å². The molecular formula is C14H18N2OS. The number of thioether (sulfide) groups is 1. The lowest BCUT2D eigenvalue weighted by Gasteiger charge is -2.21. The average molecular weight is 262 g/mol. The maximum absolute atomic E-state index is 12.0. The van der Waals surface area contributed by atoms with Gasteiger partial charge in [0.25, 0.3) is 0 Å². The van der Waals surface area contributed by atoms with Gasteiger partial charge in [0.2, 0.25) is 0 Å². The van der Waals surface area contributed by atoms with Gasteiger partial charge in [-0.15, -0.1) is 0 Å². The van der Waals surface area contributed by atoms with Crippen LogP contribution < -0.4 is 5.69 Å². The van der Waals surface area contributed by atoms with E-state index >= 15 is 0 Å². The number of benzene rings is 1.